The maximum atomic E-state index is 13.1. The molecule has 1 fully saturated rings. The van der Waals surface area contributed by atoms with Crippen LogP contribution in [0.15, 0.2) is 24.3 Å². The highest BCUT2D eigenvalue weighted by Gasteiger charge is 2.34. The molecule has 1 aromatic heterocycles. The van der Waals surface area contributed by atoms with Crippen molar-refractivity contribution in [1.82, 2.24) is 15.1 Å². The molecular weight excluding hydrogens is 403 g/mol. The van der Waals surface area contributed by atoms with Crippen molar-refractivity contribution in [3.8, 4) is 10.6 Å². The van der Waals surface area contributed by atoms with Gasteiger partial charge in [0.1, 0.15) is 16.9 Å². The summed E-state index contributed by atoms with van der Waals surface area (Å²) in [5, 5.41) is 11.9. The molecule has 2 amide bonds. The first kappa shape index (κ1) is 22.3. The lowest BCUT2D eigenvalue weighted by molar-refractivity contribution is -0.136. The number of likely N-dealkylation sites (tertiary alicyclic amines) is 1. The monoisotopic (exact) mass is 432 g/mol. The second-order valence-electron chi connectivity index (χ2n) is 7.67. The van der Waals surface area contributed by atoms with Crippen LogP contribution in [0, 0.1) is 5.82 Å². The van der Waals surface area contributed by atoms with Gasteiger partial charge in [-0.3, -0.25) is 14.9 Å². The van der Waals surface area contributed by atoms with E-state index in [0.29, 0.717) is 29.5 Å². The Kier molecular flexibility index (Phi) is 8.30. The van der Waals surface area contributed by atoms with Crippen molar-refractivity contribution in [1.29, 1.82) is 0 Å². The van der Waals surface area contributed by atoms with Crippen molar-refractivity contribution in [2.45, 2.75) is 70.8 Å². The number of carbonyl (C=O) groups is 2. The second kappa shape index (κ2) is 11.2. The lowest BCUT2D eigenvalue weighted by Gasteiger charge is -2.23. The predicted molar refractivity (Wildman–Crippen MR) is 117 cm³/mol. The van der Waals surface area contributed by atoms with Gasteiger partial charge in [0.2, 0.25) is 16.9 Å². The van der Waals surface area contributed by atoms with Gasteiger partial charge in [0.25, 0.3) is 0 Å². The van der Waals surface area contributed by atoms with E-state index in [1.54, 1.807) is 17.0 Å². The van der Waals surface area contributed by atoms with E-state index in [1.807, 2.05) is 0 Å². The van der Waals surface area contributed by atoms with Gasteiger partial charge in [-0.15, -0.1) is 10.2 Å². The highest BCUT2D eigenvalue weighted by atomic mass is 32.1. The lowest BCUT2D eigenvalue weighted by atomic mass is 10.1. The maximum absolute atomic E-state index is 13.1. The first-order valence-electron chi connectivity index (χ1n) is 10.8. The number of hydrogen-bond acceptors (Lipinski definition) is 5. The van der Waals surface area contributed by atoms with Crippen LogP contribution in [0.25, 0.3) is 10.6 Å². The van der Waals surface area contributed by atoms with Crippen LogP contribution in [0.4, 0.5) is 9.52 Å². The molecule has 8 heteroatoms. The Morgan fingerprint density at radius 2 is 1.87 bits per heavy atom. The second-order valence-corrected chi connectivity index (χ2v) is 8.65. The quantitative estimate of drug-likeness (QED) is 0.535. The maximum Gasteiger partial charge on any atom is 0.249 e. The van der Waals surface area contributed by atoms with E-state index in [9.17, 15) is 14.0 Å². The van der Waals surface area contributed by atoms with Gasteiger partial charge < -0.3 is 4.90 Å². The third-order valence-electron chi connectivity index (χ3n) is 5.37. The number of anilines is 1. The van der Waals surface area contributed by atoms with E-state index in [1.165, 1.54) is 49.2 Å². The van der Waals surface area contributed by atoms with Crippen LogP contribution in [0.3, 0.4) is 0 Å². The van der Waals surface area contributed by atoms with E-state index in [0.717, 1.165) is 24.8 Å². The number of aromatic nitrogens is 2. The molecule has 0 aliphatic carbocycles. The van der Waals surface area contributed by atoms with Gasteiger partial charge in [0.05, 0.1) is 0 Å². The molecule has 1 atom stereocenters. The molecule has 0 saturated carbocycles. The number of nitrogens with one attached hydrogen (secondary N) is 1. The highest BCUT2D eigenvalue weighted by molar-refractivity contribution is 7.18. The van der Waals surface area contributed by atoms with Gasteiger partial charge >= 0.3 is 0 Å². The van der Waals surface area contributed by atoms with Crippen LogP contribution in [-0.4, -0.2) is 39.5 Å². The van der Waals surface area contributed by atoms with Crippen LogP contribution in [0.2, 0.25) is 0 Å². The smallest absolute Gasteiger partial charge is 0.249 e. The molecule has 1 aromatic carbocycles. The Morgan fingerprint density at radius 1 is 1.13 bits per heavy atom. The molecule has 1 aliphatic rings. The molecule has 1 saturated heterocycles. The molecule has 1 aliphatic heterocycles. The summed E-state index contributed by atoms with van der Waals surface area (Å²) in [6.45, 7) is 2.82. The number of rotatable bonds is 10. The third kappa shape index (κ3) is 6.08. The average molecular weight is 433 g/mol. The normalized spacial score (nSPS) is 16.1. The molecule has 2 heterocycles. The minimum atomic E-state index is -0.448. The molecule has 6 nitrogen and oxygen atoms in total. The molecule has 162 valence electrons. The van der Waals surface area contributed by atoms with Gasteiger partial charge in [-0.1, -0.05) is 50.4 Å². The number of benzene rings is 1. The van der Waals surface area contributed by atoms with Gasteiger partial charge in [-0.05, 0) is 43.5 Å². The van der Waals surface area contributed by atoms with Gasteiger partial charge in [-0.2, -0.15) is 0 Å². The molecule has 30 heavy (non-hydrogen) atoms. The number of amides is 2. The van der Waals surface area contributed by atoms with E-state index < -0.39 is 6.04 Å². The van der Waals surface area contributed by atoms with Crippen molar-refractivity contribution in [2.24, 2.45) is 0 Å². The van der Waals surface area contributed by atoms with Crippen LogP contribution >= 0.6 is 11.3 Å². The molecule has 1 unspecified atom stereocenters. The summed E-state index contributed by atoms with van der Waals surface area (Å²) in [5.41, 5.74) is 0.742. The van der Waals surface area contributed by atoms with E-state index in [4.69, 9.17) is 0 Å². The molecule has 2 aromatic rings. The fraction of sp³-hybridized carbons (Fsp3) is 0.545. The molecule has 1 N–H and O–H groups in total. The van der Waals surface area contributed by atoms with Gasteiger partial charge in [0, 0.05) is 18.5 Å². The summed E-state index contributed by atoms with van der Waals surface area (Å²) in [6, 6.07) is 5.53. The summed E-state index contributed by atoms with van der Waals surface area (Å²) >= 11 is 1.23. The van der Waals surface area contributed by atoms with Gasteiger partial charge in [-0.25, -0.2) is 4.39 Å². The summed E-state index contributed by atoms with van der Waals surface area (Å²) < 4.78 is 13.1. The standard InChI is InChI=1S/C22H29FN4O2S/c1-2-3-4-5-6-7-10-19(28)27-15-8-9-18(27)20(29)24-22-26-25-21(30-22)16-11-13-17(23)14-12-16/h11-14,18H,2-10,15H2,1H3,(H,24,26,29). The highest BCUT2D eigenvalue weighted by Crippen LogP contribution is 2.27. The molecule has 0 bridgehead atoms. The minimum absolute atomic E-state index is 0.0624. The van der Waals surface area contributed by atoms with Crippen molar-refractivity contribution in [3.05, 3.63) is 30.1 Å². The number of hydrogen-bond donors (Lipinski definition) is 1. The van der Waals surface area contributed by atoms with Crippen molar-refractivity contribution < 1.29 is 14.0 Å². The zero-order chi connectivity index (χ0) is 21.3. The molecule has 0 spiro atoms. The number of unbranched alkanes of at least 4 members (excludes halogenated alkanes) is 5. The van der Waals surface area contributed by atoms with Crippen LogP contribution < -0.4 is 5.32 Å². The van der Waals surface area contributed by atoms with E-state index >= 15 is 0 Å². The average Bonchev–Trinajstić information content (AvgIpc) is 3.41. The van der Waals surface area contributed by atoms with Crippen molar-refractivity contribution in [3.63, 3.8) is 0 Å². The third-order valence-corrected chi connectivity index (χ3v) is 6.25. The Balaban J connectivity index is 1.50. The Hall–Kier alpha value is -2.35. The summed E-state index contributed by atoms with van der Waals surface area (Å²) in [4.78, 5) is 27.1. The Bertz CT molecular complexity index is 840. The largest absolute Gasteiger partial charge is 0.331 e. The summed E-state index contributed by atoms with van der Waals surface area (Å²) in [7, 11) is 0. The fourth-order valence-corrected chi connectivity index (χ4v) is 4.46. The Labute approximate surface area is 180 Å². The first-order valence-corrected chi connectivity index (χ1v) is 11.6. The lowest BCUT2D eigenvalue weighted by Crippen LogP contribution is -2.43. The van der Waals surface area contributed by atoms with Crippen LogP contribution in [-0.2, 0) is 9.59 Å². The Morgan fingerprint density at radius 3 is 2.63 bits per heavy atom. The minimum Gasteiger partial charge on any atom is -0.331 e. The van der Waals surface area contributed by atoms with E-state index in [2.05, 4.69) is 22.4 Å². The number of nitrogens with zero attached hydrogens (tertiary/aromatic N) is 3. The predicted octanol–water partition coefficient (Wildman–Crippen LogP) is 5.02. The van der Waals surface area contributed by atoms with Crippen LogP contribution in [0.5, 0.6) is 0 Å². The molecule has 3 rings (SSSR count). The van der Waals surface area contributed by atoms with Crippen molar-refractivity contribution >= 4 is 28.3 Å². The zero-order valence-electron chi connectivity index (χ0n) is 17.4. The van der Waals surface area contributed by atoms with Crippen LogP contribution in [0.1, 0.15) is 64.7 Å². The first-order chi connectivity index (χ1) is 14.6. The van der Waals surface area contributed by atoms with Gasteiger partial charge in [0.15, 0.2) is 0 Å². The molecular formula is C22H29FN4O2S. The summed E-state index contributed by atoms with van der Waals surface area (Å²) in [6.07, 6.45) is 8.79. The van der Waals surface area contributed by atoms with Crippen molar-refractivity contribution in [2.75, 3.05) is 11.9 Å². The number of carbonyl (C=O) groups excluding carboxylic acids is 2. The number of halogens is 1. The molecule has 0 radical (unpaired) electrons. The topological polar surface area (TPSA) is 75.2 Å². The van der Waals surface area contributed by atoms with E-state index in [-0.39, 0.29) is 17.6 Å². The SMILES string of the molecule is CCCCCCCCC(=O)N1CCCC1C(=O)Nc1nnc(-c2ccc(F)cc2)s1. The summed E-state index contributed by atoms with van der Waals surface area (Å²) in [5.74, 6) is -0.471. The zero-order valence-corrected chi connectivity index (χ0v) is 18.2. The fourth-order valence-electron chi connectivity index (χ4n) is 3.71.